The van der Waals surface area contributed by atoms with Gasteiger partial charge in [0.25, 0.3) is 0 Å². The molecule has 1 saturated heterocycles. The van der Waals surface area contributed by atoms with E-state index in [2.05, 4.69) is 17.5 Å². The highest BCUT2D eigenvalue weighted by Gasteiger charge is 2.30. The van der Waals surface area contributed by atoms with Gasteiger partial charge < -0.3 is 4.90 Å². The van der Waals surface area contributed by atoms with Crippen LogP contribution in [0.4, 0.5) is 0 Å². The van der Waals surface area contributed by atoms with Gasteiger partial charge in [-0.1, -0.05) is 29.8 Å². The molecule has 2 heterocycles. The number of nitrogens with zero attached hydrogens (tertiary/aromatic N) is 1. The fourth-order valence-electron chi connectivity index (χ4n) is 2.76. The largest absolute Gasteiger partial charge is 0.335 e. The molecule has 3 rings (SSSR count). The Kier molecular flexibility index (Phi) is 4.08. The number of carbonyl (C=O) groups excluding carboxylic acids is 1. The van der Waals surface area contributed by atoms with Gasteiger partial charge in [-0.15, -0.1) is 11.3 Å². The molecule has 0 N–H and O–H groups in total. The number of likely N-dealkylation sites (tertiary alicyclic amines) is 1. The minimum atomic E-state index is 0.197. The van der Waals surface area contributed by atoms with Gasteiger partial charge in [0, 0.05) is 16.4 Å². The first-order valence-corrected chi connectivity index (χ1v) is 8.07. The van der Waals surface area contributed by atoms with Crippen LogP contribution in [0.1, 0.15) is 29.3 Å². The molecule has 0 saturated carbocycles. The second-order valence-electron chi connectivity index (χ2n) is 5.07. The third-order valence-corrected chi connectivity index (χ3v) is 4.90. The lowest BCUT2D eigenvalue weighted by molar-refractivity contribution is -0.131. The Balaban J connectivity index is 1.73. The van der Waals surface area contributed by atoms with Crippen LogP contribution in [0.25, 0.3) is 0 Å². The normalized spacial score (nSPS) is 18.4. The summed E-state index contributed by atoms with van der Waals surface area (Å²) in [6.45, 7) is 0.863. The summed E-state index contributed by atoms with van der Waals surface area (Å²) in [5, 5.41) is 2.76. The Morgan fingerprint density at radius 1 is 1.35 bits per heavy atom. The average molecular weight is 306 g/mol. The van der Waals surface area contributed by atoms with Crippen LogP contribution >= 0.6 is 22.9 Å². The highest BCUT2D eigenvalue weighted by molar-refractivity contribution is 7.10. The van der Waals surface area contributed by atoms with Crippen LogP contribution in [0.5, 0.6) is 0 Å². The minimum Gasteiger partial charge on any atom is -0.335 e. The molecule has 0 bridgehead atoms. The van der Waals surface area contributed by atoms with Crippen molar-refractivity contribution in [1.82, 2.24) is 4.90 Å². The molecule has 2 nitrogen and oxygen atoms in total. The molecule has 1 atom stereocenters. The molecule has 1 aliphatic heterocycles. The van der Waals surface area contributed by atoms with Gasteiger partial charge in [-0.2, -0.15) is 0 Å². The average Bonchev–Trinajstić information content (AvgIpc) is 3.09. The monoisotopic (exact) mass is 305 g/mol. The third-order valence-electron chi connectivity index (χ3n) is 3.69. The minimum absolute atomic E-state index is 0.197. The maximum atomic E-state index is 12.5. The molecule has 0 spiro atoms. The molecule has 1 fully saturated rings. The van der Waals surface area contributed by atoms with E-state index < -0.39 is 0 Å². The van der Waals surface area contributed by atoms with E-state index in [1.165, 1.54) is 4.88 Å². The summed E-state index contributed by atoms with van der Waals surface area (Å²) >= 11 is 7.71. The number of thiophene rings is 1. The van der Waals surface area contributed by atoms with Crippen molar-refractivity contribution in [2.75, 3.05) is 6.54 Å². The van der Waals surface area contributed by atoms with E-state index in [-0.39, 0.29) is 11.9 Å². The Morgan fingerprint density at radius 3 is 3.00 bits per heavy atom. The number of benzene rings is 1. The van der Waals surface area contributed by atoms with Gasteiger partial charge in [0.15, 0.2) is 0 Å². The van der Waals surface area contributed by atoms with Gasteiger partial charge in [0.1, 0.15) is 0 Å². The van der Waals surface area contributed by atoms with Crippen LogP contribution < -0.4 is 0 Å². The molecule has 1 aromatic carbocycles. The Labute approximate surface area is 128 Å². The fraction of sp³-hybridized carbons (Fsp3) is 0.312. The summed E-state index contributed by atoms with van der Waals surface area (Å²) in [6.07, 6.45) is 2.59. The van der Waals surface area contributed by atoms with Crippen LogP contribution in [-0.4, -0.2) is 17.4 Å². The first-order valence-electron chi connectivity index (χ1n) is 6.81. The van der Waals surface area contributed by atoms with E-state index in [9.17, 15) is 4.79 Å². The Bertz CT molecular complexity index is 596. The molecule has 4 heteroatoms. The lowest BCUT2D eigenvalue weighted by Crippen LogP contribution is -2.31. The molecule has 0 radical (unpaired) electrons. The summed E-state index contributed by atoms with van der Waals surface area (Å²) in [5.41, 5.74) is 0.985. The zero-order valence-electron chi connectivity index (χ0n) is 11.1. The van der Waals surface area contributed by atoms with Crippen LogP contribution in [0.2, 0.25) is 5.02 Å². The second kappa shape index (κ2) is 5.98. The summed E-state index contributed by atoms with van der Waals surface area (Å²) in [7, 11) is 0. The number of halogens is 1. The van der Waals surface area contributed by atoms with E-state index in [0.29, 0.717) is 11.4 Å². The van der Waals surface area contributed by atoms with Crippen LogP contribution in [0, 0.1) is 0 Å². The molecule has 2 aromatic rings. The van der Waals surface area contributed by atoms with E-state index in [1.54, 1.807) is 11.3 Å². The van der Waals surface area contributed by atoms with Crippen molar-refractivity contribution in [3.05, 3.63) is 57.2 Å². The van der Waals surface area contributed by atoms with Crippen LogP contribution in [0.3, 0.4) is 0 Å². The number of carbonyl (C=O) groups is 1. The summed E-state index contributed by atoms with van der Waals surface area (Å²) in [4.78, 5) is 15.8. The predicted octanol–water partition coefficient (Wildman–Crippen LogP) is 4.31. The van der Waals surface area contributed by atoms with Gasteiger partial charge in [-0.25, -0.2) is 0 Å². The van der Waals surface area contributed by atoms with Gasteiger partial charge in [-0.3, -0.25) is 4.79 Å². The molecule has 1 amide bonds. The second-order valence-corrected chi connectivity index (χ2v) is 6.48. The maximum Gasteiger partial charge on any atom is 0.227 e. The highest BCUT2D eigenvalue weighted by Crippen LogP contribution is 2.34. The highest BCUT2D eigenvalue weighted by atomic mass is 35.5. The zero-order chi connectivity index (χ0) is 13.9. The molecule has 20 heavy (non-hydrogen) atoms. The first kappa shape index (κ1) is 13.7. The first-order chi connectivity index (χ1) is 9.74. The Morgan fingerprint density at radius 2 is 2.25 bits per heavy atom. The molecule has 0 unspecified atom stereocenters. The lowest BCUT2D eigenvalue weighted by atomic mass is 10.1. The van der Waals surface area contributed by atoms with Crippen LogP contribution in [0.15, 0.2) is 41.8 Å². The maximum absolute atomic E-state index is 12.5. The van der Waals surface area contributed by atoms with E-state index in [4.69, 9.17) is 11.6 Å². The lowest BCUT2D eigenvalue weighted by Gasteiger charge is -2.24. The van der Waals surface area contributed by atoms with Crippen molar-refractivity contribution in [2.24, 2.45) is 0 Å². The smallest absolute Gasteiger partial charge is 0.227 e. The van der Waals surface area contributed by atoms with Gasteiger partial charge in [-0.05, 0) is 42.0 Å². The zero-order valence-corrected chi connectivity index (χ0v) is 12.7. The van der Waals surface area contributed by atoms with Crippen LogP contribution in [-0.2, 0) is 11.2 Å². The quantitative estimate of drug-likeness (QED) is 0.827. The summed E-state index contributed by atoms with van der Waals surface area (Å²) in [5.74, 6) is 0.197. The topological polar surface area (TPSA) is 20.3 Å². The number of hydrogen-bond acceptors (Lipinski definition) is 2. The van der Waals surface area contributed by atoms with Crippen molar-refractivity contribution >= 4 is 28.8 Å². The molecular weight excluding hydrogens is 290 g/mol. The third kappa shape index (κ3) is 2.89. The standard InChI is InChI=1S/C16H16ClNOS/c17-13-5-1-4-12(10-13)11-16(19)18-8-2-6-14(18)15-7-3-9-20-15/h1,3-5,7,9-10,14H,2,6,8,11H2/t14-/m1/s1. The van der Waals surface area contributed by atoms with Gasteiger partial charge in [0.2, 0.25) is 5.91 Å². The van der Waals surface area contributed by atoms with Crippen molar-refractivity contribution in [3.8, 4) is 0 Å². The summed E-state index contributed by atoms with van der Waals surface area (Å²) < 4.78 is 0. The van der Waals surface area contributed by atoms with Crippen molar-refractivity contribution < 1.29 is 4.79 Å². The van der Waals surface area contributed by atoms with Crippen molar-refractivity contribution in [3.63, 3.8) is 0 Å². The van der Waals surface area contributed by atoms with E-state index >= 15 is 0 Å². The predicted molar refractivity (Wildman–Crippen MR) is 83.2 cm³/mol. The Hall–Kier alpha value is -1.32. The molecule has 0 aliphatic carbocycles. The molecule has 104 valence electrons. The van der Waals surface area contributed by atoms with Gasteiger partial charge >= 0.3 is 0 Å². The number of rotatable bonds is 3. The van der Waals surface area contributed by atoms with Crippen molar-refractivity contribution in [1.29, 1.82) is 0 Å². The molecule has 1 aromatic heterocycles. The molecule has 1 aliphatic rings. The van der Waals surface area contributed by atoms with E-state index in [1.807, 2.05) is 29.2 Å². The van der Waals surface area contributed by atoms with Gasteiger partial charge in [0.05, 0.1) is 12.5 Å². The summed E-state index contributed by atoms with van der Waals surface area (Å²) in [6, 6.07) is 12.0. The SMILES string of the molecule is O=C(Cc1cccc(Cl)c1)N1CCC[C@@H]1c1cccs1. The van der Waals surface area contributed by atoms with Crippen molar-refractivity contribution in [2.45, 2.75) is 25.3 Å². The number of amides is 1. The van der Waals surface area contributed by atoms with E-state index in [0.717, 1.165) is 24.9 Å². The fourth-order valence-corrected chi connectivity index (χ4v) is 3.85. The molecular formula is C16H16ClNOS. The number of hydrogen-bond donors (Lipinski definition) is 0.